The zero-order valence-electron chi connectivity index (χ0n) is 13.4. The number of hydrogen-bond acceptors (Lipinski definition) is 6. The molecule has 0 spiro atoms. The third kappa shape index (κ3) is 4.27. The van der Waals surface area contributed by atoms with Crippen molar-refractivity contribution in [2.24, 2.45) is 0 Å². The molecule has 24 heavy (non-hydrogen) atoms. The monoisotopic (exact) mass is 327 g/mol. The van der Waals surface area contributed by atoms with Crippen LogP contribution in [0.25, 0.3) is 0 Å². The Balaban J connectivity index is 1.50. The summed E-state index contributed by atoms with van der Waals surface area (Å²) in [7, 11) is 0. The predicted molar refractivity (Wildman–Crippen MR) is 90.2 cm³/mol. The van der Waals surface area contributed by atoms with E-state index in [-0.39, 0.29) is 23.5 Å². The molecule has 2 aromatic rings. The summed E-state index contributed by atoms with van der Waals surface area (Å²) in [5.74, 6) is -0.199. The van der Waals surface area contributed by atoms with Crippen LogP contribution in [-0.4, -0.2) is 53.1 Å². The molecule has 1 aliphatic rings. The van der Waals surface area contributed by atoms with Gasteiger partial charge in [0.15, 0.2) is 11.5 Å². The number of carbonyl (C=O) groups excluding carboxylic acids is 1. The summed E-state index contributed by atoms with van der Waals surface area (Å²) in [6, 6.07) is 10.3. The molecule has 2 heterocycles. The Bertz CT molecular complexity index is 680. The number of amides is 1. The number of morpholine rings is 1. The highest BCUT2D eigenvalue weighted by atomic mass is 16.5. The van der Waals surface area contributed by atoms with Crippen LogP contribution in [0.3, 0.4) is 0 Å². The summed E-state index contributed by atoms with van der Waals surface area (Å²) in [5, 5.41) is 2.82. The molecular formula is C17H21N5O2. The van der Waals surface area contributed by atoms with E-state index in [0.29, 0.717) is 13.2 Å². The van der Waals surface area contributed by atoms with E-state index in [0.717, 1.165) is 19.6 Å². The normalized spacial score (nSPS) is 18.2. The van der Waals surface area contributed by atoms with Crippen molar-refractivity contribution in [1.82, 2.24) is 20.2 Å². The van der Waals surface area contributed by atoms with Crippen molar-refractivity contribution < 1.29 is 9.53 Å². The molecule has 7 heteroatoms. The first-order valence-electron chi connectivity index (χ1n) is 7.95. The average Bonchev–Trinajstić information content (AvgIpc) is 2.61. The van der Waals surface area contributed by atoms with E-state index in [1.807, 2.05) is 18.2 Å². The second-order valence-corrected chi connectivity index (χ2v) is 5.71. The van der Waals surface area contributed by atoms with E-state index >= 15 is 0 Å². The highest BCUT2D eigenvalue weighted by molar-refractivity contribution is 5.96. The highest BCUT2D eigenvalue weighted by Crippen LogP contribution is 2.10. The number of rotatable bonds is 5. The van der Waals surface area contributed by atoms with Crippen LogP contribution in [0.2, 0.25) is 0 Å². The Labute approximate surface area is 140 Å². The Morgan fingerprint density at radius 2 is 2.08 bits per heavy atom. The molecule has 0 saturated carbocycles. The van der Waals surface area contributed by atoms with E-state index in [1.54, 1.807) is 0 Å². The fourth-order valence-corrected chi connectivity index (χ4v) is 2.70. The Kier molecular flexibility index (Phi) is 5.35. The van der Waals surface area contributed by atoms with Gasteiger partial charge in [-0.15, -0.1) is 0 Å². The molecule has 0 radical (unpaired) electrons. The van der Waals surface area contributed by atoms with Crippen molar-refractivity contribution in [2.45, 2.75) is 12.6 Å². The van der Waals surface area contributed by atoms with Crippen LogP contribution >= 0.6 is 0 Å². The summed E-state index contributed by atoms with van der Waals surface area (Å²) >= 11 is 0. The van der Waals surface area contributed by atoms with Gasteiger partial charge < -0.3 is 15.8 Å². The molecule has 1 atom stereocenters. The van der Waals surface area contributed by atoms with E-state index in [4.69, 9.17) is 10.5 Å². The van der Waals surface area contributed by atoms with Crippen LogP contribution in [0.1, 0.15) is 16.1 Å². The minimum Gasteiger partial charge on any atom is -0.382 e. The molecule has 3 rings (SSSR count). The summed E-state index contributed by atoms with van der Waals surface area (Å²) in [5.41, 5.74) is 7.08. The van der Waals surface area contributed by atoms with Gasteiger partial charge in [-0.25, -0.2) is 9.97 Å². The largest absolute Gasteiger partial charge is 0.382 e. The van der Waals surface area contributed by atoms with Crippen molar-refractivity contribution in [3.8, 4) is 0 Å². The van der Waals surface area contributed by atoms with Gasteiger partial charge in [-0.3, -0.25) is 9.69 Å². The summed E-state index contributed by atoms with van der Waals surface area (Å²) < 4.78 is 5.74. The third-order valence-electron chi connectivity index (χ3n) is 3.90. The van der Waals surface area contributed by atoms with Gasteiger partial charge in [0, 0.05) is 38.6 Å². The van der Waals surface area contributed by atoms with Gasteiger partial charge >= 0.3 is 0 Å². The van der Waals surface area contributed by atoms with Gasteiger partial charge in [0.1, 0.15) is 0 Å². The summed E-state index contributed by atoms with van der Waals surface area (Å²) in [4.78, 5) is 22.3. The maximum Gasteiger partial charge on any atom is 0.273 e. The van der Waals surface area contributed by atoms with Gasteiger partial charge in [-0.05, 0) is 5.56 Å². The van der Waals surface area contributed by atoms with Gasteiger partial charge in [0.05, 0.1) is 12.7 Å². The first-order chi connectivity index (χ1) is 11.7. The van der Waals surface area contributed by atoms with Crippen molar-refractivity contribution in [2.75, 3.05) is 32.0 Å². The fourth-order valence-electron chi connectivity index (χ4n) is 2.70. The van der Waals surface area contributed by atoms with E-state index in [2.05, 4.69) is 32.3 Å². The number of hydrogen-bond donors (Lipinski definition) is 2. The standard InChI is InChI=1S/C17H21N5O2/c18-16-15(19-6-7-20-16)17(23)21-10-14-12-22(8-9-24-14)11-13-4-2-1-3-5-13/h1-7,14H,8-12H2,(H2,18,20)(H,21,23). The van der Waals surface area contributed by atoms with Crippen LogP contribution in [0, 0.1) is 0 Å². The fraction of sp³-hybridized carbons (Fsp3) is 0.353. The Hall–Kier alpha value is -2.51. The molecule has 1 aliphatic heterocycles. The van der Waals surface area contributed by atoms with Crippen LogP contribution < -0.4 is 11.1 Å². The van der Waals surface area contributed by atoms with Gasteiger partial charge in [0.25, 0.3) is 5.91 Å². The first kappa shape index (κ1) is 16.4. The first-order valence-corrected chi connectivity index (χ1v) is 7.95. The Morgan fingerprint density at radius 1 is 1.29 bits per heavy atom. The summed E-state index contributed by atoms with van der Waals surface area (Å²) in [6.07, 6.45) is 2.85. The molecule has 1 amide bonds. The highest BCUT2D eigenvalue weighted by Gasteiger charge is 2.22. The minimum absolute atomic E-state index is 0.0516. The molecular weight excluding hydrogens is 306 g/mol. The number of benzene rings is 1. The number of nitrogens with zero attached hydrogens (tertiary/aromatic N) is 3. The molecule has 1 saturated heterocycles. The maximum absolute atomic E-state index is 12.1. The number of ether oxygens (including phenoxy) is 1. The smallest absolute Gasteiger partial charge is 0.273 e. The van der Waals surface area contributed by atoms with Crippen molar-refractivity contribution in [3.05, 3.63) is 54.0 Å². The Morgan fingerprint density at radius 3 is 2.88 bits per heavy atom. The average molecular weight is 327 g/mol. The van der Waals surface area contributed by atoms with Gasteiger partial charge in [0.2, 0.25) is 0 Å². The number of carbonyl (C=O) groups is 1. The molecule has 3 N–H and O–H groups in total. The molecule has 1 aromatic heterocycles. The third-order valence-corrected chi connectivity index (χ3v) is 3.90. The SMILES string of the molecule is Nc1nccnc1C(=O)NCC1CN(Cc2ccccc2)CCO1. The topological polar surface area (TPSA) is 93.4 Å². The molecule has 0 bridgehead atoms. The lowest BCUT2D eigenvalue weighted by Crippen LogP contribution is -2.47. The quantitative estimate of drug-likeness (QED) is 0.839. The number of anilines is 1. The van der Waals surface area contributed by atoms with Crippen LogP contribution in [-0.2, 0) is 11.3 Å². The molecule has 1 aromatic carbocycles. The van der Waals surface area contributed by atoms with Crippen LogP contribution in [0.4, 0.5) is 5.82 Å². The van der Waals surface area contributed by atoms with Crippen molar-refractivity contribution in [1.29, 1.82) is 0 Å². The van der Waals surface area contributed by atoms with Crippen molar-refractivity contribution >= 4 is 11.7 Å². The molecule has 1 fully saturated rings. The molecule has 7 nitrogen and oxygen atoms in total. The molecule has 126 valence electrons. The maximum atomic E-state index is 12.1. The van der Waals surface area contributed by atoms with E-state index in [1.165, 1.54) is 18.0 Å². The number of aromatic nitrogens is 2. The van der Waals surface area contributed by atoms with E-state index < -0.39 is 0 Å². The predicted octanol–water partition coefficient (Wildman–Crippen LogP) is 0.690. The van der Waals surface area contributed by atoms with Crippen LogP contribution in [0.15, 0.2) is 42.7 Å². The number of nitrogens with one attached hydrogen (secondary N) is 1. The van der Waals surface area contributed by atoms with Crippen molar-refractivity contribution in [3.63, 3.8) is 0 Å². The van der Waals surface area contributed by atoms with Gasteiger partial charge in [-0.1, -0.05) is 30.3 Å². The lowest BCUT2D eigenvalue weighted by Gasteiger charge is -2.33. The summed E-state index contributed by atoms with van der Waals surface area (Å²) in [6.45, 7) is 3.61. The molecule has 0 aliphatic carbocycles. The van der Waals surface area contributed by atoms with Gasteiger partial charge in [-0.2, -0.15) is 0 Å². The zero-order chi connectivity index (χ0) is 16.8. The second-order valence-electron chi connectivity index (χ2n) is 5.71. The lowest BCUT2D eigenvalue weighted by atomic mass is 10.2. The number of nitrogens with two attached hydrogens (primary N) is 1. The van der Waals surface area contributed by atoms with Crippen LogP contribution in [0.5, 0.6) is 0 Å². The second kappa shape index (κ2) is 7.85. The zero-order valence-corrected chi connectivity index (χ0v) is 13.4. The lowest BCUT2D eigenvalue weighted by molar-refractivity contribution is -0.0292. The molecule has 1 unspecified atom stereocenters. The van der Waals surface area contributed by atoms with E-state index in [9.17, 15) is 4.79 Å². The number of nitrogen functional groups attached to an aromatic ring is 1. The minimum atomic E-state index is -0.329.